The molecule has 0 aliphatic heterocycles. The van der Waals surface area contributed by atoms with Crippen molar-refractivity contribution >= 4 is 11.9 Å². The highest BCUT2D eigenvalue weighted by atomic mass is 16.6. The van der Waals surface area contributed by atoms with Crippen molar-refractivity contribution in [2.24, 2.45) is 0 Å². The van der Waals surface area contributed by atoms with Gasteiger partial charge in [0.1, 0.15) is 23.7 Å². The highest BCUT2D eigenvalue weighted by Gasteiger charge is 2.15. The van der Waals surface area contributed by atoms with Gasteiger partial charge in [-0.3, -0.25) is 4.79 Å². The van der Waals surface area contributed by atoms with Crippen molar-refractivity contribution in [3.63, 3.8) is 0 Å². The van der Waals surface area contributed by atoms with Crippen molar-refractivity contribution in [1.82, 2.24) is 5.32 Å². The summed E-state index contributed by atoms with van der Waals surface area (Å²) in [6.07, 6.45) is -0.126. The van der Waals surface area contributed by atoms with E-state index in [2.05, 4.69) is 5.32 Å². The highest BCUT2D eigenvalue weighted by molar-refractivity contribution is 5.78. The van der Waals surface area contributed by atoms with E-state index < -0.39 is 11.7 Å². The molecule has 0 bridgehead atoms. The molecule has 1 amide bonds. The van der Waals surface area contributed by atoms with E-state index in [1.807, 2.05) is 24.3 Å². The number of hydrogen-bond acceptors (Lipinski definition) is 4. The predicted octanol–water partition coefficient (Wildman–Crippen LogP) is 2.72. The minimum Gasteiger partial charge on any atom is -0.491 e. The molecule has 0 aliphatic carbocycles. The molecule has 0 radical (unpaired) electrons. The van der Waals surface area contributed by atoms with Gasteiger partial charge in [-0.2, -0.15) is 0 Å². The summed E-state index contributed by atoms with van der Waals surface area (Å²) in [5.41, 5.74) is 0.334. The van der Waals surface area contributed by atoms with E-state index in [1.54, 1.807) is 27.7 Å². The summed E-state index contributed by atoms with van der Waals surface area (Å²) in [6.45, 7) is 7.61. The summed E-state index contributed by atoms with van der Waals surface area (Å²) < 4.78 is 10.7. The second-order valence-electron chi connectivity index (χ2n) is 5.76. The Morgan fingerprint density at radius 1 is 1.19 bits per heavy atom. The average molecular weight is 293 g/mol. The molecule has 5 heteroatoms. The third kappa shape index (κ3) is 7.34. The van der Waals surface area contributed by atoms with Crippen LogP contribution in [0, 0.1) is 0 Å². The molecule has 0 unspecified atom stereocenters. The molecule has 1 N–H and O–H groups in total. The Kier molecular flexibility index (Phi) is 6.21. The molecular weight excluding hydrogens is 270 g/mol. The molecule has 0 aromatic heterocycles. The Hall–Kier alpha value is -2.04. The fourth-order valence-corrected chi connectivity index (χ4v) is 1.69. The molecule has 0 atom stereocenters. The molecule has 1 aromatic rings. The number of alkyl carbamates (subject to hydrolysis) is 1. The van der Waals surface area contributed by atoms with Crippen LogP contribution in [0.5, 0.6) is 5.75 Å². The lowest BCUT2D eigenvalue weighted by Gasteiger charge is -2.19. The van der Waals surface area contributed by atoms with Crippen molar-refractivity contribution in [2.75, 3.05) is 13.2 Å². The maximum absolute atomic E-state index is 11.4. The summed E-state index contributed by atoms with van der Waals surface area (Å²) in [7, 11) is 0. The number of ketones is 1. The van der Waals surface area contributed by atoms with Gasteiger partial charge in [0.05, 0.1) is 6.54 Å². The molecule has 0 saturated carbocycles. The van der Waals surface area contributed by atoms with Gasteiger partial charge in [-0.1, -0.05) is 18.2 Å². The van der Waals surface area contributed by atoms with Gasteiger partial charge in [0.15, 0.2) is 0 Å². The number of ether oxygens (including phenoxy) is 2. The monoisotopic (exact) mass is 293 g/mol. The maximum atomic E-state index is 11.4. The molecule has 0 heterocycles. The molecule has 0 spiro atoms. The number of amides is 1. The van der Waals surface area contributed by atoms with Gasteiger partial charge < -0.3 is 14.8 Å². The number of carbonyl (C=O) groups excluding carboxylic acids is 2. The Morgan fingerprint density at radius 2 is 1.86 bits per heavy atom. The fraction of sp³-hybridized carbons (Fsp3) is 0.500. The SMILES string of the molecule is CC(=O)Cc1ccccc1OCCNC(=O)OC(C)(C)C. The van der Waals surface area contributed by atoms with Gasteiger partial charge in [0, 0.05) is 12.0 Å². The molecule has 0 saturated heterocycles. The van der Waals surface area contributed by atoms with Gasteiger partial charge in [0.25, 0.3) is 0 Å². The fourth-order valence-electron chi connectivity index (χ4n) is 1.69. The van der Waals surface area contributed by atoms with Crippen LogP contribution < -0.4 is 10.1 Å². The lowest BCUT2D eigenvalue weighted by molar-refractivity contribution is -0.116. The zero-order valence-corrected chi connectivity index (χ0v) is 13.1. The van der Waals surface area contributed by atoms with Crippen LogP contribution in [-0.4, -0.2) is 30.6 Å². The van der Waals surface area contributed by atoms with Crippen molar-refractivity contribution < 1.29 is 19.1 Å². The van der Waals surface area contributed by atoms with E-state index in [-0.39, 0.29) is 5.78 Å². The second-order valence-corrected chi connectivity index (χ2v) is 5.76. The van der Waals surface area contributed by atoms with Gasteiger partial charge in [-0.25, -0.2) is 4.79 Å². The van der Waals surface area contributed by atoms with Gasteiger partial charge in [-0.15, -0.1) is 0 Å². The Labute approximate surface area is 125 Å². The lowest BCUT2D eigenvalue weighted by atomic mass is 10.1. The van der Waals surface area contributed by atoms with E-state index in [0.717, 1.165) is 5.56 Å². The van der Waals surface area contributed by atoms with Crippen LogP contribution in [0.2, 0.25) is 0 Å². The van der Waals surface area contributed by atoms with E-state index in [0.29, 0.717) is 25.3 Å². The zero-order chi connectivity index (χ0) is 15.9. The summed E-state index contributed by atoms with van der Waals surface area (Å²) >= 11 is 0. The molecule has 116 valence electrons. The van der Waals surface area contributed by atoms with Crippen LogP contribution >= 0.6 is 0 Å². The van der Waals surface area contributed by atoms with Gasteiger partial charge >= 0.3 is 6.09 Å². The number of nitrogens with one attached hydrogen (secondary N) is 1. The Morgan fingerprint density at radius 3 is 2.48 bits per heavy atom. The molecule has 0 fully saturated rings. The normalized spacial score (nSPS) is 10.9. The minimum atomic E-state index is -0.515. The molecule has 1 aromatic carbocycles. The number of Topliss-reactive ketones (excluding diaryl/α,β-unsaturated/α-hetero) is 1. The molecular formula is C16H23NO4. The van der Waals surface area contributed by atoms with E-state index in [1.165, 1.54) is 0 Å². The summed E-state index contributed by atoms with van der Waals surface area (Å²) in [5, 5.41) is 2.62. The number of benzene rings is 1. The van der Waals surface area contributed by atoms with Gasteiger partial charge in [-0.05, 0) is 33.8 Å². The van der Waals surface area contributed by atoms with Crippen LogP contribution in [0.3, 0.4) is 0 Å². The number of carbonyl (C=O) groups is 2. The second kappa shape index (κ2) is 7.67. The van der Waals surface area contributed by atoms with Crippen molar-refractivity contribution in [3.05, 3.63) is 29.8 Å². The quantitative estimate of drug-likeness (QED) is 0.819. The highest BCUT2D eigenvalue weighted by Crippen LogP contribution is 2.18. The summed E-state index contributed by atoms with van der Waals surface area (Å²) in [6, 6.07) is 7.38. The minimum absolute atomic E-state index is 0.0814. The molecule has 5 nitrogen and oxygen atoms in total. The third-order valence-electron chi connectivity index (χ3n) is 2.44. The lowest BCUT2D eigenvalue weighted by Crippen LogP contribution is -2.34. The summed E-state index contributed by atoms with van der Waals surface area (Å²) in [4.78, 5) is 22.6. The van der Waals surface area contributed by atoms with Crippen LogP contribution in [0.15, 0.2) is 24.3 Å². The van der Waals surface area contributed by atoms with Crippen molar-refractivity contribution in [3.8, 4) is 5.75 Å². The van der Waals surface area contributed by atoms with Crippen LogP contribution in [0.4, 0.5) is 4.79 Å². The first-order chi connectivity index (χ1) is 9.78. The summed E-state index contributed by atoms with van der Waals surface area (Å²) in [5.74, 6) is 0.747. The van der Waals surface area contributed by atoms with E-state index in [4.69, 9.17) is 9.47 Å². The number of rotatable bonds is 6. The number of hydrogen-bond donors (Lipinski definition) is 1. The Balaban J connectivity index is 2.39. The smallest absolute Gasteiger partial charge is 0.407 e. The zero-order valence-electron chi connectivity index (χ0n) is 13.1. The largest absolute Gasteiger partial charge is 0.491 e. The standard InChI is InChI=1S/C16H23NO4/c1-12(18)11-13-7-5-6-8-14(13)20-10-9-17-15(19)21-16(2,3)4/h5-8H,9-11H2,1-4H3,(H,17,19). The van der Waals surface area contributed by atoms with Crippen LogP contribution in [-0.2, 0) is 16.0 Å². The first-order valence-electron chi connectivity index (χ1n) is 6.95. The van der Waals surface area contributed by atoms with Crippen molar-refractivity contribution in [2.45, 2.75) is 39.7 Å². The van der Waals surface area contributed by atoms with Crippen LogP contribution in [0.25, 0.3) is 0 Å². The predicted molar refractivity (Wildman–Crippen MR) is 80.6 cm³/mol. The molecule has 0 aliphatic rings. The third-order valence-corrected chi connectivity index (χ3v) is 2.44. The average Bonchev–Trinajstić information content (AvgIpc) is 2.33. The van der Waals surface area contributed by atoms with E-state index >= 15 is 0 Å². The number of para-hydroxylation sites is 1. The first-order valence-corrected chi connectivity index (χ1v) is 6.95. The first kappa shape index (κ1) is 17.0. The maximum Gasteiger partial charge on any atom is 0.407 e. The van der Waals surface area contributed by atoms with Crippen LogP contribution in [0.1, 0.15) is 33.3 Å². The topological polar surface area (TPSA) is 64.6 Å². The van der Waals surface area contributed by atoms with E-state index in [9.17, 15) is 9.59 Å². The van der Waals surface area contributed by atoms with Gasteiger partial charge in [0.2, 0.25) is 0 Å². The van der Waals surface area contributed by atoms with Crippen molar-refractivity contribution in [1.29, 1.82) is 0 Å². The molecule has 1 rings (SSSR count). The molecule has 21 heavy (non-hydrogen) atoms. The Bertz CT molecular complexity index is 491.